The van der Waals surface area contributed by atoms with Crippen LogP contribution in [0.25, 0.3) is 0 Å². The molecule has 1 aliphatic rings. The Balaban J connectivity index is 1.60. The van der Waals surface area contributed by atoms with E-state index in [1.54, 1.807) is 41.8 Å². The van der Waals surface area contributed by atoms with Crippen LogP contribution in [0.15, 0.2) is 48.5 Å². The lowest BCUT2D eigenvalue weighted by atomic mass is 10.1. The van der Waals surface area contributed by atoms with Crippen molar-refractivity contribution in [3.8, 4) is 5.75 Å². The van der Waals surface area contributed by atoms with E-state index in [9.17, 15) is 14.4 Å². The first kappa shape index (κ1) is 22.7. The number of rotatable bonds is 9. The van der Waals surface area contributed by atoms with Gasteiger partial charge in [0.05, 0.1) is 0 Å². The maximum absolute atomic E-state index is 12.9. The number of anilines is 2. The minimum atomic E-state index is -0.665. The number of amides is 3. The molecule has 3 amide bonds. The summed E-state index contributed by atoms with van der Waals surface area (Å²) in [4.78, 5) is 38.6. The van der Waals surface area contributed by atoms with Crippen molar-refractivity contribution in [3.05, 3.63) is 54.1 Å². The SMILES string of the molecule is CSCCC(NC(=O)COc1ccccc1)C(=O)Nc1ccc2c(c1)CCN2C(C)=O. The van der Waals surface area contributed by atoms with Crippen LogP contribution in [0.2, 0.25) is 0 Å². The van der Waals surface area contributed by atoms with Gasteiger partial charge in [0.25, 0.3) is 5.91 Å². The Morgan fingerprint density at radius 3 is 2.65 bits per heavy atom. The summed E-state index contributed by atoms with van der Waals surface area (Å²) < 4.78 is 5.47. The van der Waals surface area contributed by atoms with Gasteiger partial charge in [-0.2, -0.15) is 11.8 Å². The Morgan fingerprint density at radius 1 is 1.16 bits per heavy atom. The third kappa shape index (κ3) is 6.24. The van der Waals surface area contributed by atoms with Crippen molar-refractivity contribution >= 4 is 40.9 Å². The van der Waals surface area contributed by atoms with Gasteiger partial charge in [0.15, 0.2) is 6.61 Å². The average Bonchev–Trinajstić information content (AvgIpc) is 3.19. The zero-order valence-electron chi connectivity index (χ0n) is 17.7. The second-order valence-corrected chi connectivity index (χ2v) is 8.24. The molecule has 2 aromatic rings. The molecule has 2 N–H and O–H groups in total. The first-order chi connectivity index (χ1) is 15.0. The summed E-state index contributed by atoms with van der Waals surface area (Å²) in [5.74, 6) is 0.712. The van der Waals surface area contributed by atoms with Crippen LogP contribution in [-0.4, -0.2) is 48.9 Å². The third-order valence-electron chi connectivity index (χ3n) is 5.00. The molecule has 1 atom stereocenters. The average molecular weight is 442 g/mol. The van der Waals surface area contributed by atoms with E-state index in [4.69, 9.17) is 4.74 Å². The molecule has 1 unspecified atom stereocenters. The highest BCUT2D eigenvalue weighted by Gasteiger charge is 2.24. The van der Waals surface area contributed by atoms with Gasteiger partial charge in [0, 0.05) is 24.8 Å². The minimum Gasteiger partial charge on any atom is -0.484 e. The van der Waals surface area contributed by atoms with Gasteiger partial charge in [-0.1, -0.05) is 18.2 Å². The molecule has 1 heterocycles. The number of fused-ring (bicyclic) bond motifs is 1. The fourth-order valence-electron chi connectivity index (χ4n) is 3.44. The molecule has 31 heavy (non-hydrogen) atoms. The minimum absolute atomic E-state index is 0.00750. The van der Waals surface area contributed by atoms with Crippen LogP contribution in [0, 0.1) is 0 Å². The Bertz CT molecular complexity index is 936. The molecular formula is C23H27N3O4S. The number of nitrogens with zero attached hydrogens (tertiary/aromatic N) is 1. The van der Waals surface area contributed by atoms with E-state index in [1.165, 1.54) is 0 Å². The van der Waals surface area contributed by atoms with Crippen molar-refractivity contribution in [1.29, 1.82) is 0 Å². The van der Waals surface area contributed by atoms with Crippen LogP contribution in [-0.2, 0) is 20.8 Å². The second-order valence-electron chi connectivity index (χ2n) is 7.26. The molecule has 0 aliphatic carbocycles. The van der Waals surface area contributed by atoms with E-state index >= 15 is 0 Å². The highest BCUT2D eigenvalue weighted by molar-refractivity contribution is 7.98. The van der Waals surface area contributed by atoms with Crippen LogP contribution in [0.5, 0.6) is 5.75 Å². The summed E-state index contributed by atoms with van der Waals surface area (Å²) in [6.07, 6.45) is 3.21. The van der Waals surface area contributed by atoms with E-state index < -0.39 is 6.04 Å². The van der Waals surface area contributed by atoms with Crippen molar-refractivity contribution in [2.75, 3.05) is 35.4 Å². The quantitative estimate of drug-likeness (QED) is 0.625. The number of benzene rings is 2. The van der Waals surface area contributed by atoms with Gasteiger partial charge < -0.3 is 20.3 Å². The lowest BCUT2D eigenvalue weighted by Gasteiger charge is -2.19. The monoisotopic (exact) mass is 441 g/mol. The van der Waals surface area contributed by atoms with Crippen molar-refractivity contribution in [2.24, 2.45) is 0 Å². The zero-order valence-corrected chi connectivity index (χ0v) is 18.5. The van der Waals surface area contributed by atoms with Gasteiger partial charge >= 0.3 is 0 Å². The molecule has 7 nitrogen and oxygen atoms in total. The van der Waals surface area contributed by atoms with Crippen molar-refractivity contribution in [3.63, 3.8) is 0 Å². The maximum atomic E-state index is 12.9. The van der Waals surface area contributed by atoms with Crippen LogP contribution in [0.3, 0.4) is 0 Å². The van der Waals surface area contributed by atoms with Gasteiger partial charge in [-0.15, -0.1) is 0 Å². The predicted octanol–water partition coefficient (Wildman–Crippen LogP) is 2.85. The summed E-state index contributed by atoms with van der Waals surface area (Å²) in [6.45, 7) is 2.04. The number of carbonyl (C=O) groups excluding carboxylic acids is 3. The Kier molecular flexibility index (Phi) is 7.94. The fraction of sp³-hybridized carbons (Fsp3) is 0.348. The predicted molar refractivity (Wildman–Crippen MR) is 124 cm³/mol. The molecule has 3 rings (SSSR count). The van der Waals surface area contributed by atoms with Crippen LogP contribution in [0.1, 0.15) is 18.9 Å². The highest BCUT2D eigenvalue weighted by atomic mass is 32.2. The summed E-state index contributed by atoms with van der Waals surface area (Å²) in [6, 6.07) is 13.9. The summed E-state index contributed by atoms with van der Waals surface area (Å²) in [7, 11) is 0. The molecule has 0 bridgehead atoms. The van der Waals surface area contributed by atoms with E-state index in [0.717, 1.165) is 23.4 Å². The van der Waals surface area contributed by atoms with Crippen LogP contribution in [0.4, 0.5) is 11.4 Å². The molecule has 1 aliphatic heterocycles. The third-order valence-corrected chi connectivity index (χ3v) is 5.64. The second kappa shape index (κ2) is 10.9. The number of ether oxygens (including phenoxy) is 1. The number of hydrogen-bond acceptors (Lipinski definition) is 5. The number of para-hydroxylation sites is 1. The molecule has 0 radical (unpaired) electrons. The normalized spacial score (nSPS) is 13.3. The van der Waals surface area contributed by atoms with Gasteiger partial charge in [0.2, 0.25) is 11.8 Å². The largest absolute Gasteiger partial charge is 0.484 e. The zero-order chi connectivity index (χ0) is 22.2. The van der Waals surface area contributed by atoms with Gasteiger partial charge in [-0.05, 0) is 60.7 Å². The van der Waals surface area contributed by atoms with Crippen molar-refractivity contribution in [2.45, 2.75) is 25.8 Å². The molecule has 8 heteroatoms. The van der Waals surface area contributed by atoms with Crippen LogP contribution < -0.4 is 20.3 Å². The molecule has 0 spiro atoms. The molecule has 164 valence electrons. The number of nitrogens with one attached hydrogen (secondary N) is 2. The highest BCUT2D eigenvalue weighted by Crippen LogP contribution is 2.30. The van der Waals surface area contributed by atoms with Crippen LogP contribution >= 0.6 is 11.8 Å². The lowest BCUT2D eigenvalue weighted by molar-refractivity contribution is -0.127. The molecule has 0 saturated heterocycles. The Hall–Kier alpha value is -3.00. The van der Waals surface area contributed by atoms with E-state index in [-0.39, 0.29) is 24.3 Å². The Morgan fingerprint density at radius 2 is 1.94 bits per heavy atom. The molecular weight excluding hydrogens is 414 g/mol. The lowest BCUT2D eigenvalue weighted by Crippen LogP contribution is -2.45. The first-order valence-corrected chi connectivity index (χ1v) is 11.6. The summed E-state index contributed by atoms with van der Waals surface area (Å²) >= 11 is 1.61. The van der Waals surface area contributed by atoms with Gasteiger partial charge in [-0.25, -0.2) is 0 Å². The molecule has 0 fully saturated rings. The Labute approximate surface area is 186 Å². The van der Waals surface area contributed by atoms with E-state index in [0.29, 0.717) is 24.4 Å². The van der Waals surface area contributed by atoms with Crippen molar-refractivity contribution < 1.29 is 19.1 Å². The molecule has 0 aromatic heterocycles. The molecule has 2 aromatic carbocycles. The van der Waals surface area contributed by atoms with Gasteiger partial charge in [0.1, 0.15) is 11.8 Å². The standard InChI is InChI=1S/C23H27N3O4S/c1-16(27)26-12-10-17-14-18(8-9-21(17)26)24-23(29)20(11-13-31-2)25-22(28)15-30-19-6-4-3-5-7-19/h3-9,14,20H,10-13,15H2,1-2H3,(H,24,29)(H,25,28). The maximum Gasteiger partial charge on any atom is 0.258 e. The smallest absolute Gasteiger partial charge is 0.258 e. The number of hydrogen-bond donors (Lipinski definition) is 2. The summed E-state index contributed by atoms with van der Waals surface area (Å²) in [5.41, 5.74) is 2.56. The molecule has 0 saturated carbocycles. The van der Waals surface area contributed by atoms with Gasteiger partial charge in [-0.3, -0.25) is 14.4 Å². The first-order valence-electron chi connectivity index (χ1n) is 10.2. The van der Waals surface area contributed by atoms with Crippen molar-refractivity contribution in [1.82, 2.24) is 5.32 Å². The van der Waals surface area contributed by atoms with E-state index in [1.807, 2.05) is 36.6 Å². The number of carbonyl (C=O) groups is 3. The van der Waals surface area contributed by atoms with E-state index in [2.05, 4.69) is 10.6 Å². The summed E-state index contributed by atoms with van der Waals surface area (Å²) in [5, 5.41) is 5.67. The fourth-order valence-corrected chi connectivity index (χ4v) is 3.91. The topological polar surface area (TPSA) is 87.7 Å². The number of thioether (sulfide) groups is 1.